The quantitative estimate of drug-likeness (QED) is 0.649. The van der Waals surface area contributed by atoms with E-state index in [1.807, 2.05) is 6.92 Å². The molecule has 0 spiro atoms. The Balaban J connectivity index is 1.69. The lowest BCUT2D eigenvalue weighted by molar-refractivity contribution is -0.205. The van der Waals surface area contributed by atoms with Crippen LogP contribution in [0.15, 0.2) is 5.10 Å². The van der Waals surface area contributed by atoms with Crippen molar-refractivity contribution in [1.29, 1.82) is 0 Å². The molecule has 14 heavy (non-hydrogen) atoms. The molecule has 3 heterocycles. The van der Waals surface area contributed by atoms with Crippen LogP contribution in [0.1, 0.15) is 19.8 Å². The molecule has 0 radical (unpaired) electrons. The number of hydrazone groups is 1. The van der Waals surface area contributed by atoms with Gasteiger partial charge in [0, 0.05) is 13.1 Å². The minimum atomic E-state index is 0.432. The van der Waals surface area contributed by atoms with E-state index in [9.17, 15) is 0 Å². The molecule has 0 aromatic carbocycles. The van der Waals surface area contributed by atoms with E-state index in [1.54, 1.807) is 5.17 Å². The van der Waals surface area contributed by atoms with Gasteiger partial charge in [-0.25, -0.2) is 5.48 Å². The predicted octanol–water partition coefficient (Wildman–Crippen LogP) is 0.166. The van der Waals surface area contributed by atoms with Crippen LogP contribution in [-0.2, 0) is 4.94 Å². The lowest BCUT2D eigenvalue weighted by Crippen LogP contribution is -2.44. The van der Waals surface area contributed by atoms with Gasteiger partial charge in [-0.1, -0.05) is 0 Å². The van der Waals surface area contributed by atoms with Crippen LogP contribution in [0, 0.1) is 5.92 Å². The van der Waals surface area contributed by atoms with Crippen LogP contribution >= 0.6 is 0 Å². The fourth-order valence-corrected chi connectivity index (χ4v) is 2.65. The van der Waals surface area contributed by atoms with Gasteiger partial charge in [-0.3, -0.25) is 0 Å². The first-order valence-electron chi connectivity index (χ1n) is 5.31. The summed E-state index contributed by atoms with van der Waals surface area (Å²) in [5.74, 6) is 1.70. The van der Waals surface area contributed by atoms with Crippen molar-refractivity contribution in [3.05, 3.63) is 0 Å². The first-order chi connectivity index (χ1) is 6.81. The Morgan fingerprint density at radius 2 is 2.43 bits per heavy atom. The van der Waals surface area contributed by atoms with E-state index in [0.29, 0.717) is 6.04 Å². The number of fused-ring (bicyclic) bond motifs is 2. The lowest BCUT2D eigenvalue weighted by Gasteiger charge is -2.32. The zero-order valence-electron chi connectivity index (χ0n) is 8.44. The maximum absolute atomic E-state index is 5.28. The van der Waals surface area contributed by atoms with E-state index in [4.69, 9.17) is 4.94 Å². The van der Waals surface area contributed by atoms with Crippen LogP contribution in [0.25, 0.3) is 0 Å². The van der Waals surface area contributed by atoms with Crippen LogP contribution in [0.4, 0.5) is 0 Å². The standard InChI is InChI=1S/C9H16N4O/c1-7-10-13(14-11-7)9-4-8-2-3-12(5-8)6-9/h8-9H,2-6H2,1H3,(H,10,11)/t8?,9-/m0/s1. The molecule has 1 N–H and O–H groups in total. The molecule has 0 aliphatic carbocycles. The van der Waals surface area contributed by atoms with Crippen molar-refractivity contribution in [3.63, 3.8) is 0 Å². The van der Waals surface area contributed by atoms with Crippen LogP contribution < -0.4 is 5.48 Å². The first-order valence-corrected chi connectivity index (χ1v) is 5.31. The Bertz CT molecular complexity index is 256. The number of hydrogen-bond donors (Lipinski definition) is 1. The van der Waals surface area contributed by atoms with Gasteiger partial charge in [-0.05, 0) is 32.2 Å². The highest BCUT2D eigenvalue weighted by Gasteiger charge is 2.36. The molecule has 3 atom stereocenters. The van der Waals surface area contributed by atoms with Gasteiger partial charge in [-0.2, -0.15) is 0 Å². The maximum Gasteiger partial charge on any atom is 0.147 e. The SMILES string of the molecule is CC1=NN([C@H]2CC3CCN(C3)C2)ON1. The second kappa shape index (κ2) is 3.10. The van der Waals surface area contributed by atoms with Crippen molar-refractivity contribution < 1.29 is 4.94 Å². The molecule has 2 unspecified atom stereocenters. The van der Waals surface area contributed by atoms with Crippen LogP contribution in [0.5, 0.6) is 0 Å². The van der Waals surface area contributed by atoms with Crippen molar-refractivity contribution in [2.75, 3.05) is 19.6 Å². The van der Waals surface area contributed by atoms with E-state index in [0.717, 1.165) is 18.3 Å². The fourth-order valence-electron chi connectivity index (χ4n) is 2.65. The number of piperidine rings is 1. The Morgan fingerprint density at radius 3 is 3.14 bits per heavy atom. The summed E-state index contributed by atoms with van der Waals surface area (Å²) in [7, 11) is 0. The summed E-state index contributed by atoms with van der Waals surface area (Å²) in [6.45, 7) is 5.54. The average molecular weight is 196 g/mol. The van der Waals surface area contributed by atoms with E-state index in [-0.39, 0.29) is 0 Å². The van der Waals surface area contributed by atoms with Gasteiger partial charge in [-0.15, -0.1) is 15.2 Å². The van der Waals surface area contributed by atoms with E-state index in [1.165, 1.54) is 25.9 Å². The zero-order valence-corrected chi connectivity index (χ0v) is 8.44. The number of rotatable bonds is 1. The Hall–Kier alpha value is -0.810. The first kappa shape index (κ1) is 8.49. The molecule has 78 valence electrons. The second-order valence-electron chi connectivity index (χ2n) is 4.49. The maximum atomic E-state index is 5.28. The van der Waals surface area contributed by atoms with Gasteiger partial charge < -0.3 is 4.90 Å². The molecular formula is C9H16N4O. The molecule has 2 fully saturated rings. The van der Waals surface area contributed by atoms with Crippen molar-refractivity contribution >= 4 is 5.84 Å². The smallest absolute Gasteiger partial charge is 0.147 e. The summed E-state index contributed by atoms with van der Waals surface area (Å²) in [5, 5.41) is 6.03. The van der Waals surface area contributed by atoms with Gasteiger partial charge >= 0.3 is 0 Å². The topological polar surface area (TPSA) is 40.1 Å². The minimum Gasteiger partial charge on any atom is -0.301 e. The lowest BCUT2D eigenvalue weighted by atomic mass is 9.97. The Labute approximate surface area is 83.6 Å². The van der Waals surface area contributed by atoms with Crippen LogP contribution in [0.2, 0.25) is 0 Å². The molecule has 5 heteroatoms. The predicted molar refractivity (Wildman–Crippen MR) is 52.1 cm³/mol. The van der Waals surface area contributed by atoms with Gasteiger partial charge in [0.2, 0.25) is 0 Å². The number of amidine groups is 1. The molecule has 0 aromatic heterocycles. The molecule has 3 aliphatic rings. The molecule has 0 amide bonds. The van der Waals surface area contributed by atoms with Crippen molar-refractivity contribution in [2.24, 2.45) is 11.0 Å². The number of nitrogens with zero attached hydrogens (tertiary/aromatic N) is 3. The third-order valence-corrected chi connectivity index (χ3v) is 3.29. The van der Waals surface area contributed by atoms with Crippen molar-refractivity contribution in [1.82, 2.24) is 15.6 Å². The highest BCUT2D eigenvalue weighted by molar-refractivity contribution is 5.78. The summed E-state index contributed by atoms with van der Waals surface area (Å²) in [4.78, 5) is 7.79. The third kappa shape index (κ3) is 1.36. The second-order valence-corrected chi connectivity index (χ2v) is 4.49. The molecule has 2 saturated heterocycles. The molecule has 0 aromatic rings. The summed E-state index contributed by atoms with van der Waals surface area (Å²) in [6.07, 6.45) is 2.56. The van der Waals surface area contributed by atoms with Gasteiger partial charge in [0.1, 0.15) is 5.84 Å². The molecule has 5 nitrogen and oxygen atoms in total. The summed E-state index contributed by atoms with van der Waals surface area (Å²) < 4.78 is 0. The zero-order chi connectivity index (χ0) is 9.54. The van der Waals surface area contributed by atoms with Crippen molar-refractivity contribution in [2.45, 2.75) is 25.8 Å². The van der Waals surface area contributed by atoms with Crippen LogP contribution in [0.3, 0.4) is 0 Å². The normalized spacial score (nSPS) is 41.1. The fraction of sp³-hybridized carbons (Fsp3) is 0.889. The van der Waals surface area contributed by atoms with E-state index < -0.39 is 0 Å². The van der Waals surface area contributed by atoms with E-state index >= 15 is 0 Å². The van der Waals surface area contributed by atoms with Crippen LogP contribution in [-0.4, -0.2) is 41.6 Å². The van der Waals surface area contributed by atoms with Gasteiger partial charge in [0.25, 0.3) is 0 Å². The Morgan fingerprint density at radius 1 is 1.50 bits per heavy atom. The summed E-state index contributed by atoms with van der Waals surface area (Å²) >= 11 is 0. The average Bonchev–Trinajstić information content (AvgIpc) is 2.73. The Kier molecular flexibility index (Phi) is 1.88. The van der Waals surface area contributed by atoms with Gasteiger partial charge in [0.15, 0.2) is 0 Å². The van der Waals surface area contributed by atoms with E-state index in [2.05, 4.69) is 15.5 Å². The summed E-state index contributed by atoms with van der Waals surface area (Å²) in [5.41, 5.74) is 2.77. The summed E-state index contributed by atoms with van der Waals surface area (Å²) in [6, 6.07) is 0.432. The molecule has 3 rings (SSSR count). The highest BCUT2D eigenvalue weighted by atomic mass is 16.8. The monoisotopic (exact) mass is 196 g/mol. The molecule has 2 bridgehead atoms. The third-order valence-electron chi connectivity index (χ3n) is 3.29. The highest BCUT2D eigenvalue weighted by Crippen LogP contribution is 2.29. The largest absolute Gasteiger partial charge is 0.301 e. The van der Waals surface area contributed by atoms with Crippen molar-refractivity contribution in [3.8, 4) is 0 Å². The number of hydrogen-bond acceptors (Lipinski definition) is 5. The van der Waals surface area contributed by atoms with Gasteiger partial charge in [0.05, 0.1) is 6.04 Å². The minimum absolute atomic E-state index is 0.432. The number of hydroxylamine groups is 2. The molecule has 0 saturated carbocycles. The molecular weight excluding hydrogens is 180 g/mol. The number of nitrogens with one attached hydrogen (secondary N) is 1. The molecule has 3 aliphatic heterocycles.